The number of carbonyl (C=O) groups excluding carboxylic acids is 1. The van der Waals surface area contributed by atoms with Crippen LogP contribution < -0.4 is 16.0 Å². The number of benzene rings is 1. The molecule has 0 aliphatic carbocycles. The zero-order chi connectivity index (χ0) is 16.9. The maximum absolute atomic E-state index is 11.7. The smallest absolute Gasteiger partial charge is 0.239 e. The van der Waals surface area contributed by atoms with E-state index in [1.165, 1.54) is 0 Å². The Hall–Kier alpha value is -0.430. The van der Waals surface area contributed by atoms with Gasteiger partial charge in [0.15, 0.2) is 0 Å². The van der Waals surface area contributed by atoms with Crippen LogP contribution in [0.1, 0.15) is 20.3 Å². The molecule has 2 rings (SSSR count). The van der Waals surface area contributed by atoms with E-state index < -0.39 is 5.54 Å². The summed E-state index contributed by atoms with van der Waals surface area (Å²) in [5.74, 6) is -0.0963. The fourth-order valence-corrected chi connectivity index (χ4v) is 2.91. The highest BCUT2D eigenvalue weighted by molar-refractivity contribution is 6.33. The van der Waals surface area contributed by atoms with Crippen molar-refractivity contribution in [2.45, 2.75) is 25.8 Å². The second-order valence-electron chi connectivity index (χ2n) is 6.61. The number of nitrogens with two attached hydrogens (primary N) is 1. The van der Waals surface area contributed by atoms with Gasteiger partial charge in [-0.2, -0.15) is 0 Å². The molecule has 1 aliphatic rings. The summed E-state index contributed by atoms with van der Waals surface area (Å²) in [5, 5.41) is 3.70. The summed E-state index contributed by atoms with van der Waals surface area (Å²) in [5.41, 5.74) is 6.06. The van der Waals surface area contributed by atoms with Gasteiger partial charge >= 0.3 is 0 Å². The molecule has 1 amide bonds. The largest absolute Gasteiger partial charge is 0.368 e. The number of nitrogens with one attached hydrogen (secondary N) is 1. The predicted octanol–water partition coefficient (Wildman–Crippen LogP) is 2.97. The van der Waals surface area contributed by atoms with Crippen molar-refractivity contribution in [2.24, 2.45) is 5.73 Å². The first-order valence-corrected chi connectivity index (χ1v) is 8.55. The molecule has 1 aliphatic heterocycles. The zero-order valence-corrected chi connectivity index (χ0v) is 18.4. The van der Waals surface area contributed by atoms with Crippen LogP contribution in [0.25, 0.3) is 0 Å². The van der Waals surface area contributed by atoms with Gasteiger partial charge in [0, 0.05) is 32.7 Å². The molecule has 26 heavy (non-hydrogen) atoms. The third-order valence-corrected chi connectivity index (χ3v) is 4.41. The standard InChI is InChI=1S/C17H27ClN4O.3ClH/c1-17(2,19)16(23)20-8-5-9-21-10-12-22(13-11-21)15-7-4-3-6-14(15)18;;;/h3-4,6-7H,5,8-13,19H2,1-2H3,(H,20,23);3*1H. The lowest BCUT2D eigenvalue weighted by molar-refractivity contribution is -0.125. The Morgan fingerprint density at radius 2 is 1.73 bits per heavy atom. The van der Waals surface area contributed by atoms with Gasteiger partial charge in [0.05, 0.1) is 16.2 Å². The second kappa shape index (κ2) is 12.9. The van der Waals surface area contributed by atoms with Gasteiger partial charge in [0.1, 0.15) is 0 Å². The lowest BCUT2D eigenvalue weighted by Crippen LogP contribution is -2.50. The van der Waals surface area contributed by atoms with Crippen LogP contribution in [-0.4, -0.2) is 55.6 Å². The monoisotopic (exact) mass is 446 g/mol. The maximum atomic E-state index is 11.7. The number of hydrogen-bond acceptors (Lipinski definition) is 4. The van der Waals surface area contributed by atoms with Crippen LogP contribution in [0.15, 0.2) is 24.3 Å². The lowest BCUT2D eigenvalue weighted by atomic mass is 10.1. The van der Waals surface area contributed by atoms with Gasteiger partial charge < -0.3 is 16.0 Å². The van der Waals surface area contributed by atoms with Crippen LogP contribution in [0.2, 0.25) is 5.02 Å². The molecule has 0 aromatic heterocycles. The lowest BCUT2D eigenvalue weighted by Gasteiger charge is -2.36. The van der Waals surface area contributed by atoms with Crippen molar-refractivity contribution in [3.8, 4) is 0 Å². The van der Waals surface area contributed by atoms with Crippen molar-refractivity contribution >= 4 is 60.4 Å². The number of halogens is 4. The minimum atomic E-state index is -0.805. The number of hydrogen-bond donors (Lipinski definition) is 2. The summed E-state index contributed by atoms with van der Waals surface area (Å²) in [7, 11) is 0. The van der Waals surface area contributed by atoms with E-state index in [9.17, 15) is 4.79 Å². The molecule has 9 heteroatoms. The van der Waals surface area contributed by atoms with Crippen LogP contribution in [0, 0.1) is 0 Å². The molecule has 1 heterocycles. The van der Waals surface area contributed by atoms with E-state index in [-0.39, 0.29) is 43.1 Å². The summed E-state index contributed by atoms with van der Waals surface area (Å²) in [6.07, 6.45) is 0.938. The third-order valence-electron chi connectivity index (χ3n) is 4.09. The average Bonchev–Trinajstić information content (AvgIpc) is 2.51. The molecule has 5 nitrogen and oxygen atoms in total. The van der Waals surface area contributed by atoms with Crippen LogP contribution in [-0.2, 0) is 4.79 Å². The first-order valence-electron chi connectivity index (χ1n) is 8.17. The maximum Gasteiger partial charge on any atom is 0.239 e. The fraction of sp³-hybridized carbons (Fsp3) is 0.588. The van der Waals surface area contributed by atoms with E-state index in [1.54, 1.807) is 13.8 Å². The first-order chi connectivity index (χ1) is 10.9. The van der Waals surface area contributed by atoms with Gasteiger partial charge in [0.25, 0.3) is 0 Å². The fourth-order valence-electron chi connectivity index (χ4n) is 2.65. The molecule has 0 spiro atoms. The zero-order valence-electron chi connectivity index (χ0n) is 15.2. The van der Waals surface area contributed by atoms with Gasteiger partial charge in [-0.25, -0.2) is 0 Å². The molecule has 3 N–H and O–H groups in total. The van der Waals surface area contributed by atoms with Gasteiger partial charge in [-0.1, -0.05) is 23.7 Å². The van der Waals surface area contributed by atoms with Crippen molar-refractivity contribution in [3.63, 3.8) is 0 Å². The van der Waals surface area contributed by atoms with E-state index in [0.717, 1.165) is 49.9 Å². The van der Waals surface area contributed by atoms with Crippen LogP contribution in [0.5, 0.6) is 0 Å². The van der Waals surface area contributed by atoms with E-state index in [1.807, 2.05) is 18.2 Å². The Labute approximate surface area is 180 Å². The molecule has 1 aromatic rings. The summed E-state index contributed by atoms with van der Waals surface area (Å²) in [6.45, 7) is 9.08. The van der Waals surface area contributed by atoms with Gasteiger partial charge in [0.2, 0.25) is 5.91 Å². The Balaban J connectivity index is 0. The van der Waals surface area contributed by atoms with Crippen LogP contribution in [0.3, 0.4) is 0 Å². The average molecular weight is 448 g/mol. The number of anilines is 1. The summed E-state index contributed by atoms with van der Waals surface area (Å²) in [6, 6.07) is 7.99. The topological polar surface area (TPSA) is 61.6 Å². The Morgan fingerprint density at radius 3 is 2.27 bits per heavy atom. The molecular formula is C17H30Cl4N4O. The van der Waals surface area contributed by atoms with Crippen molar-refractivity contribution in [3.05, 3.63) is 29.3 Å². The highest BCUT2D eigenvalue weighted by atomic mass is 35.5. The predicted molar refractivity (Wildman–Crippen MR) is 118 cm³/mol. The molecule has 0 atom stereocenters. The number of rotatable bonds is 6. The van der Waals surface area contributed by atoms with Crippen molar-refractivity contribution in [1.82, 2.24) is 10.2 Å². The van der Waals surface area contributed by atoms with Crippen molar-refractivity contribution < 1.29 is 4.79 Å². The van der Waals surface area contributed by atoms with Gasteiger partial charge in [-0.3, -0.25) is 9.69 Å². The first kappa shape index (κ1) is 27.8. The van der Waals surface area contributed by atoms with Crippen molar-refractivity contribution in [1.29, 1.82) is 0 Å². The van der Waals surface area contributed by atoms with E-state index in [0.29, 0.717) is 6.54 Å². The second-order valence-corrected chi connectivity index (χ2v) is 7.02. The number of piperazine rings is 1. The quantitative estimate of drug-likeness (QED) is 0.658. The van der Waals surface area contributed by atoms with Crippen LogP contribution >= 0.6 is 48.8 Å². The summed E-state index contributed by atoms with van der Waals surface area (Å²) >= 11 is 6.26. The number of para-hydroxylation sites is 1. The number of amides is 1. The Kier molecular flexibility index (Phi) is 13.8. The SMILES string of the molecule is CC(C)(N)C(=O)NCCCN1CCN(c2ccccc2Cl)CC1.Cl.Cl.Cl. The highest BCUT2D eigenvalue weighted by Crippen LogP contribution is 2.25. The summed E-state index contributed by atoms with van der Waals surface area (Å²) in [4.78, 5) is 16.4. The molecule has 0 bridgehead atoms. The molecular weight excluding hydrogens is 418 g/mol. The van der Waals surface area contributed by atoms with E-state index in [4.69, 9.17) is 17.3 Å². The van der Waals surface area contributed by atoms with Crippen molar-refractivity contribution in [2.75, 3.05) is 44.2 Å². The third kappa shape index (κ3) is 8.51. The summed E-state index contributed by atoms with van der Waals surface area (Å²) < 4.78 is 0. The van der Waals surface area contributed by atoms with Gasteiger partial charge in [-0.15, -0.1) is 37.2 Å². The number of carbonyl (C=O) groups is 1. The Bertz CT molecular complexity index is 532. The molecule has 0 saturated carbocycles. The molecule has 1 fully saturated rings. The molecule has 0 radical (unpaired) electrons. The molecule has 152 valence electrons. The minimum Gasteiger partial charge on any atom is -0.368 e. The highest BCUT2D eigenvalue weighted by Gasteiger charge is 2.21. The normalized spacial score (nSPS) is 14.5. The Morgan fingerprint density at radius 1 is 1.15 bits per heavy atom. The number of nitrogens with zero attached hydrogens (tertiary/aromatic N) is 2. The van der Waals surface area contributed by atoms with E-state index >= 15 is 0 Å². The van der Waals surface area contributed by atoms with Crippen LogP contribution in [0.4, 0.5) is 5.69 Å². The molecule has 1 aromatic carbocycles. The molecule has 1 saturated heterocycles. The molecule has 0 unspecified atom stereocenters. The van der Waals surface area contributed by atoms with Gasteiger partial charge in [-0.05, 0) is 38.9 Å². The van der Waals surface area contributed by atoms with E-state index in [2.05, 4.69) is 21.2 Å². The minimum absolute atomic E-state index is 0.